The average molecular weight is 419 g/mol. The Morgan fingerprint density at radius 3 is 2.39 bits per heavy atom. The van der Waals surface area contributed by atoms with Crippen molar-refractivity contribution in [2.75, 3.05) is 19.7 Å². The first-order valence-electron chi connectivity index (χ1n) is 9.92. The Bertz CT molecular complexity index is 1270. The minimum absolute atomic E-state index is 0.212. The van der Waals surface area contributed by atoms with Gasteiger partial charge in [-0.1, -0.05) is 48.5 Å². The molecule has 1 N–H and O–H groups in total. The second kappa shape index (κ2) is 8.83. The minimum Gasteiger partial charge on any atom is -0.454 e. The molecular weight excluding hydrogens is 398 g/mol. The maximum absolute atomic E-state index is 12.5. The molecule has 158 valence electrons. The fraction of sp³-hybridized carbons (Fsp3) is 0.217. The van der Waals surface area contributed by atoms with E-state index in [2.05, 4.69) is 5.10 Å². The van der Waals surface area contributed by atoms with Crippen molar-refractivity contribution >= 4 is 28.2 Å². The number of fused-ring (bicyclic) bond motifs is 1. The lowest BCUT2D eigenvalue weighted by atomic mass is 10.00. The van der Waals surface area contributed by atoms with E-state index in [1.54, 1.807) is 17.0 Å². The number of aromatic nitrogens is 2. The number of aromatic amines is 1. The molecule has 0 saturated heterocycles. The van der Waals surface area contributed by atoms with Gasteiger partial charge < -0.3 is 9.64 Å². The molecule has 0 aliphatic carbocycles. The Hall–Kier alpha value is -3.94. The molecule has 1 amide bonds. The Balaban J connectivity index is 1.34. The summed E-state index contributed by atoms with van der Waals surface area (Å²) in [5, 5.41) is 2.83. The maximum atomic E-state index is 12.5. The van der Waals surface area contributed by atoms with Crippen LogP contribution in [0.2, 0.25) is 0 Å². The van der Waals surface area contributed by atoms with Crippen molar-refractivity contribution in [2.45, 2.75) is 13.0 Å². The zero-order valence-electron chi connectivity index (χ0n) is 16.7. The van der Waals surface area contributed by atoms with Crippen LogP contribution in [0, 0.1) is 0 Å². The van der Waals surface area contributed by atoms with E-state index in [4.69, 9.17) is 4.74 Å². The van der Waals surface area contributed by atoms with Gasteiger partial charge in [-0.2, -0.15) is 0 Å². The average Bonchev–Trinajstić information content (AvgIpc) is 2.81. The summed E-state index contributed by atoms with van der Waals surface area (Å²) in [6.45, 7) is 0.0801. The quantitative estimate of drug-likeness (QED) is 0.633. The van der Waals surface area contributed by atoms with Gasteiger partial charge in [-0.3, -0.25) is 24.3 Å². The highest BCUT2D eigenvalue weighted by molar-refractivity contribution is 5.82. The molecular formula is C23H21N3O5. The molecule has 2 aromatic carbocycles. The molecule has 0 radical (unpaired) electrons. The molecule has 0 saturated carbocycles. The third kappa shape index (κ3) is 4.48. The van der Waals surface area contributed by atoms with Crippen LogP contribution >= 0.6 is 0 Å². The van der Waals surface area contributed by atoms with Crippen LogP contribution in [0.3, 0.4) is 0 Å². The number of carbonyl (C=O) groups excluding carboxylic acids is 2. The number of ether oxygens (including phenoxy) is 1. The van der Waals surface area contributed by atoms with Crippen molar-refractivity contribution in [3.8, 4) is 0 Å². The van der Waals surface area contributed by atoms with Gasteiger partial charge in [0.15, 0.2) is 6.61 Å². The Kier molecular flexibility index (Phi) is 5.79. The first-order valence-corrected chi connectivity index (χ1v) is 9.92. The number of H-pyrrole nitrogens is 1. The van der Waals surface area contributed by atoms with Crippen molar-refractivity contribution < 1.29 is 14.3 Å². The molecule has 2 heterocycles. The predicted molar refractivity (Wildman–Crippen MR) is 115 cm³/mol. The molecule has 8 nitrogen and oxygen atoms in total. The number of esters is 1. The molecule has 0 spiro atoms. The summed E-state index contributed by atoms with van der Waals surface area (Å²) in [5.41, 5.74) is 1.33. The standard InChI is InChI=1S/C23H21N3O5/c27-20(25-12-10-17(11-13-25)16-6-2-1-3-7-16)15-31-21(28)14-26-23(30)19-9-5-4-8-18(19)22(29)24-26/h1-10H,11-15H2,(H,24,29). The van der Waals surface area contributed by atoms with Gasteiger partial charge in [0.2, 0.25) is 0 Å². The van der Waals surface area contributed by atoms with Gasteiger partial charge in [-0.25, -0.2) is 4.68 Å². The van der Waals surface area contributed by atoms with E-state index in [9.17, 15) is 19.2 Å². The SMILES string of the molecule is O=C(Cn1[nH]c(=O)c2ccccc2c1=O)OCC(=O)N1CC=C(c2ccccc2)CC1. The number of rotatable bonds is 5. The number of nitrogens with zero attached hydrogens (tertiary/aromatic N) is 2. The zero-order valence-corrected chi connectivity index (χ0v) is 16.7. The fourth-order valence-electron chi connectivity index (χ4n) is 3.58. The highest BCUT2D eigenvalue weighted by atomic mass is 16.5. The largest absolute Gasteiger partial charge is 0.454 e. The van der Waals surface area contributed by atoms with Crippen molar-refractivity contribution in [3.05, 3.63) is 86.9 Å². The van der Waals surface area contributed by atoms with E-state index in [-0.39, 0.29) is 16.7 Å². The third-order valence-electron chi connectivity index (χ3n) is 5.23. The number of hydrogen-bond acceptors (Lipinski definition) is 5. The Morgan fingerprint density at radius 2 is 1.68 bits per heavy atom. The normalized spacial score (nSPS) is 13.7. The highest BCUT2D eigenvalue weighted by Gasteiger charge is 2.19. The molecule has 0 bridgehead atoms. The number of carbonyl (C=O) groups is 2. The molecule has 0 atom stereocenters. The van der Waals surface area contributed by atoms with Crippen molar-refractivity contribution in [2.24, 2.45) is 0 Å². The van der Waals surface area contributed by atoms with E-state index in [0.717, 1.165) is 16.7 Å². The van der Waals surface area contributed by atoms with Crippen LogP contribution in [0.5, 0.6) is 0 Å². The zero-order chi connectivity index (χ0) is 21.8. The van der Waals surface area contributed by atoms with Crippen LogP contribution in [-0.4, -0.2) is 46.3 Å². The van der Waals surface area contributed by atoms with Gasteiger partial charge in [0.25, 0.3) is 17.0 Å². The number of amides is 1. The van der Waals surface area contributed by atoms with Gasteiger partial charge in [0, 0.05) is 13.1 Å². The lowest BCUT2D eigenvalue weighted by Crippen LogP contribution is -2.38. The van der Waals surface area contributed by atoms with Crippen LogP contribution in [-0.2, 0) is 20.9 Å². The first kappa shape index (κ1) is 20.3. The summed E-state index contributed by atoms with van der Waals surface area (Å²) in [6.07, 6.45) is 2.72. The van der Waals surface area contributed by atoms with E-state index in [1.807, 2.05) is 36.4 Å². The van der Waals surface area contributed by atoms with Gasteiger partial charge in [0.1, 0.15) is 6.54 Å². The van der Waals surface area contributed by atoms with E-state index in [1.165, 1.54) is 17.7 Å². The molecule has 1 aliphatic heterocycles. The highest BCUT2D eigenvalue weighted by Crippen LogP contribution is 2.21. The third-order valence-corrected chi connectivity index (χ3v) is 5.23. The number of hydrogen-bond donors (Lipinski definition) is 1. The van der Waals surface area contributed by atoms with Crippen molar-refractivity contribution in [3.63, 3.8) is 0 Å². The predicted octanol–water partition coefficient (Wildman–Crippen LogP) is 1.55. The number of nitrogens with one attached hydrogen (secondary N) is 1. The van der Waals surface area contributed by atoms with Gasteiger partial charge in [0.05, 0.1) is 10.8 Å². The molecule has 31 heavy (non-hydrogen) atoms. The van der Waals surface area contributed by atoms with Crippen molar-refractivity contribution in [1.29, 1.82) is 0 Å². The Morgan fingerprint density at radius 1 is 0.968 bits per heavy atom. The van der Waals surface area contributed by atoms with Gasteiger partial charge in [-0.15, -0.1) is 0 Å². The van der Waals surface area contributed by atoms with Crippen LogP contribution in [0.4, 0.5) is 0 Å². The summed E-state index contributed by atoms with van der Waals surface area (Å²) in [7, 11) is 0. The van der Waals surface area contributed by atoms with Crippen LogP contribution in [0.1, 0.15) is 12.0 Å². The monoisotopic (exact) mass is 419 g/mol. The molecule has 0 unspecified atom stereocenters. The van der Waals surface area contributed by atoms with E-state index < -0.39 is 30.2 Å². The molecule has 3 aromatic rings. The first-order chi connectivity index (χ1) is 15.0. The van der Waals surface area contributed by atoms with Crippen LogP contribution in [0.25, 0.3) is 16.3 Å². The van der Waals surface area contributed by atoms with Crippen LogP contribution < -0.4 is 11.1 Å². The summed E-state index contributed by atoms with van der Waals surface area (Å²) in [6, 6.07) is 16.3. The Labute approximate surface area is 177 Å². The molecule has 8 heteroatoms. The van der Waals surface area contributed by atoms with Gasteiger partial charge in [-0.05, 0) is 29.7 Å². The topological polar surface area (TPSA) is 101 Å². The smallest absolute Gasteiger partial charge is 0.328 e. The van der Waals surface area contributed by atoms with E-state index >= 15 is 0 Å². The molecule has 1 aliphatic rings. The van der Waals surface area contributed by atoms with E-state index in [0.29, 0.717) is 13.1 Å². The minimum atomic E-state index is -0.779. The summed E-state index contributed by atoms with van der Waals surface area (Å²) in [4.78, 5) is 50.7. The summed E-state index contributed by atoms with van der Waals surface area (Å²) >= 11 is 0. The second-order valence-corrected chi connectivity index (χ2v) is 7.22. The van der Waals surface area contributed by atoms with Crippen molar-refractivity contribution in [1.82, 2.24) is 14.7 Å². The summed E-state index contributed by atoms with van der Waals surface area (Å²) in [5.74, 6) is -1.09. The molecule has 4 rings (SSSR count). The molecule has 0 fully saturated rings. The second-order valence-electron chi connectivity index (χ2n) is 7.22. The fourth-order valence-corrected chi connectivity index (χ4v) is 3.58. The lowest BCUT2D eigenvalue weighted by molar-refractivity contribution is -0.152. The van der Waals surface area contributed by atoms with Gasteiger partial charge >= 0.3 is 5.97 Å². The molecule has 1 aromatic heterocycles. The number of benzene rings is 2. The maximum Gasteiger partial charge on any atom is 0.328 e. The summed E-state index contributed by atoms with van der Waals surface area (Å²) < 4.78 is 5.94. The lowest BCUT2D eigenvalue weighted by Gasteiger charge is -2.26. The van der Waals surface area contributed by atoms with Crippen LogP contribution in [0.15, 0.2) is 70.3 Å².